The van der Waals surface area contributed by atoms with Crippen LogP contribution < -0.4 is 15.2 Å². The number of esters is 1. The molecular formula is C18H19Cl2NO3. The van der Waals surface area contributed by atoms with Crippen molar-refractivity contribution in [1.82, 2.24) is 0 Å². The fourth-order valence-corrected chi connectivity index (χ4v) is 2.91. The lowest BCUT2D eigenvalue weighted by Crippen LogP contribution is -2.07. The number of ether oxygens (including phenoxy) is 2. The summed E-state index contributed by atoms with van der Waals surface area (Å²) in [4.78, 5) is 11.3. The Labute approximate surface area is 151 Å². The summed E-state index contributed by atoms with van der Waals surface area (Å²) in [6.07, 6.45) is 0. The first kappa shape index (κ1) is 18.4. The highest BCUT2D eigenvalue weighted by Gasteiger charge is 2.17. The molecule has 0 aromatic heterocycles. The van der Waals surface area contributed by atoms with Gasteiger partial charge in [0.15, 0.2) is 5.75 Å². The number of carbonyl (C=O) groups is 1. The Morgan fingerprint density at radius 1 is 1.08 bits per heavy atom. The van der Waals surface area contributed by atoms with Crippen LogP contribution in [0.3, 0.4) is 0 Å². The molecule has 0 aliphatic carbocycles. The number of benzene rings is 2. The van der Waals surface area contributed by atoms with E-state index in [4.69, 9.17) is 38.4 Å². The van der Waals surface area contributed by atoms with E-state index in [1.54, 1.807) is 18.2 Å². The molecule has 0 bridgehead atoms. The second-order valence-corrected chi connectivity index (χ2v) is 6.64. The predicted octanol–water partition coefficient (Wildman–Crippen LogP) is 5.73. The van der Waals surface area contributed by atoms with Crippen molar-refractivity contribution in [1.29, 1.82) is 0 Å². The smallest absolute Gasteiger partial charge is 0.308 e. The number of rotatable bonds is 4. The monoisotopic (exact) mass is 367 g/mol. The molecule has 0 radical (unpaired) electrons. The number of anilines is 1. The largest absolute Gasteiger partial charge is 0.454 e. The molecule has 4 nitrogen and oxygen atoms in total. The second kappa shape index (κ2) is 7.32. The fraction of sp³-hybridized carbons (Fsp3) is 0.278. The molecule has 128 valence electrons. The number of nitrogen functional groups attached to an aromatic ring is 1. The van der Waals surface area contributed by atoms with E-state index in [-0.39, 0.29) is 11.9 Å². The van der Waals surface area contributed by atoms with Crippen LogP contribution in [0.4, 0.5) is 5.69 Å². The lowest BCUT2D eigenvalue weighted by Gasteiger charge is -2.18. The molecule has 2 N–H and O–H groups in total. The Balaban J connectivity index is 2.48. The minimum absolute atomic E-state index is 0.138. The van der Waals surface area contributed by atoms with E-state index in [0.29, 0.717) is 33.0 Å². The summed E-state index contributed by atoms with van der Waals surface area (Å²) in [7, 11) is 0. The van der Waals surface area contributed by atoms with E-state index in [2.05, 4.69) is 0 Å². The van der Waals surface area contributed by atoms with E-state index in [1.165, 1.54) is 6.92 Å². The zero-order valence-corrected chi connectivity index (χ0v) is 15.5. The molecule has 2 aromatic carbocycles. The van der Waals surface area contributed by atoms with Gasteiger partial charge in [-0.25, -0.2) is 0 Å². The first-order chi connectivity index (χ1) is 11.2. The van der Waals surface area contributed by atoms with E-state index in [9.17, 15) is 4.79 Å². The number of hydrogen-bond acceptors (Lipinski definition) is 4. The van der Waals surface area contributed by atoms with Gasteiger partial charge in [-0.15, -0.1) is 0 Å². The molecule has 0 unspecified atom stereocenters. The van der Waals surface area contributed by atoms with Gasteiger partial charge in [-0.1, -0.05) is 37.0 Å². The third-order valence-corrected chi connectivity index (χ3v) is 3.95. The lowest BCUT2D eigenvalue weighted by atomic mass is 9.99. The quantitative estimate of drug-likeness (QED) is 0.426. The van der Waals surface area contributed by atoms with E-state index < -0.39 is 0 Å². The Morgan fingerprint density at radius 2 is 1.67 bits per heavy atom. The Kier molecular flexibility index (Phi) is 5.62. The van der Waals surface area contributed by atoms with Crippen LogP contribution in [0.2, 0.25) is 10.0 Å². The number of halogens is 2. The van der Waals surface area contributed by atoms with E-state index in [1.807, 2.05) is 26.8 Å². The van der Waals surface area contributed by atoms with Crippen molar-refractivity contribution in [2.24, 2.45) is 0 Å². The number of hydrogen-bond donors (Lipinski definition) is 1. The van der Waals surface area contributed by atoms with Crippen molar-refractivity contribution in [2.75, 3.05) is 5.73 Å². The maximum atomic E-state index is 11.3. The Bertz CT molecular complexity index is 765. The Morgan fingerprint density at radius 3 is 2.17 bits per heavy atom. The fourth-order valence-electron chi connectivity index (χ4n) is 2.33. The normalized spacial score (nSPS) is 10.8. The molecule has 0 saturated heterocycles. The van der Waals surface area contributed by atoms with Crippen molar-refractivity contribution in [3.8, 4) is 17.2 Å². The van der Waals surface area contributed by atoms with Crippen molar-refractivity contribution in [3.05, 3.63) is 45.4 Å². The van der Waals surface area contributed by atoms with Gasteiger partial charge in [0, 0.05) is 18.2 Å². The molecule has 0 aliphatic heterocycles. The van der Waals surface area contributed by atoms with Gasteiger partial charge in [0.05, 0.1) is 10.0 Å². The molecule has 2 rings (SSSR count). The minimum atomic E-state index is -0.363. The number of aryl methyl sites for hydroxylation is 1. The van der Waals surface area contributed by atoms with Gasteiger partial charge in [0.25, 0.3) is 0 Å². The van der Waals surface area contributed by atoms with Gasteiger partial charge in [0.1, 0.15) is 11.5 Å². The first-order valence-corrected chi connectivity index (χ1v) is 8.20. The highest BCUT2D eigenvalue weighted by Crippen LogP contribution is 2.41. The zero-order chi connectivity index (χ0) is 18.0. The van der Waals surface area contributed by atoms with E-state index >= 15 is 0 Å². The summed E-state index contributed by atoms with van der Waals surface area (Å²) in [5.74, 6) is 1.22. The van der Waals surface area contributed by atoms with Gasteiger partial charge in [-0.2, -0.15) is 0 Å². The maximum Gasteiger partial charge on any atom is 0.308 e. The van der Waals surface area contributed by atoms with E-state index in [0.717, 1.165) is 11.1 Å². The maximum absolute atomic E-state index is 11.3. The highest BCUT2D eigenvalue weighted by molar-refractivity contribution is 6.37. The van der Waals surface area contributed by atoms with Gasteiger partial charge in [-0.3, -0.25) is 4.79 Å². The molecule has 0 amide bonds. The van der Waals surface area contributed by atoms with Crippen LogP contribution in [-0.4, -0.2) is 5.97 Å². The summed E-state index contributed by atoms with van der Waals surface area (Å²) in [5.41, 5.74) is 7.81. The van der Waals surface area contributed by atoms with Crippen LogP contribution in [-0.2, 0) is 4.79 Å². The predicted molar refractivity (Wildman–Crippen MR) is 97.5 cm³/mol. The van der Waals surface area contributed by atoms with Crippen LogP contribution >= 0.6 is 23.2 Å². The average molecular weight is 368 g/mol. The Hall–Kier alpha value is -1.91. The standard InChI is InChI=1S/C18H19Cl2NO3/c1-9(2)14-8-13(5-10(3)17(14)23-11(4)22)24-18-15(19)6-12(21)7-16(18)20/h5-9H,21H2,1-4H3. The number of carbonyl (C=O) groups excluding carboxylic acids is 1. The molecule has 0 saturated carbocycles. The molecule has 0 atom stereocenters. The van der Waals surface area contributed by atoms with Crippen LogP contribution in [0.15, 0.2) is 24.3 Å². The molecular weight excluding hydrogens is 349 g/mol. The third kappa shape index (κ3) is 4.13. The molecule has 0 aliphatic rings. The highest BCUT2D eigenvalue weighted by atomic mass is 35.5. The van der Waals surface area contributed by atoms with Crippen molar-refractivity contribution in [3.63, 3.8) is 0 Å². The molecule has 0 fully saturated rings. The molecule has 6 heteroatoms. The van der Waals surface area contributed by atoms with Gasteiger partial charge in [0.2, 0.25) is 0 Å². The van der Waals surface area contributed by atoms with Crippen LogP contribution in [0.25, 0.3) is 0 Å². The zero-order valence-electron chi connectivity index (χ0n) is 13.9. The van der Waals surface area contributed by atoms with Crippen LogP contribution in [0.5, 0.6) is 17.2 Å². The first-order valence-electron chi connectivity index (χ1n) is 7.44. The lowest BCUT2D eigenvalue weighted by molar-refractivity contribution is -0.132. The summed E-state index contributed by atoms with van der Waals surface area (Å²) in [6.45, 7) is 7.24. The second-order valence-electron chi connectivity index (χ2n) is 5.82. The average Bonchev–Trinajstić information content (AvgIpc) is 2.44. The molecule has 0 heterocycles. The van der Waals surface area contributed by atoms with Crippen LogP contribution in [0, 0.1) is 6.92 Å². The molecule has 0 spiro atoms. The summed E-state index contributed by atoms with van der Waals surface area (Å²) in [5, 5.41) is 0.653. The van der Waals surface area contributed by atoms with Gasteiger partial charge in [-0.05, 0) is 42.7 Å². The minimum Gasteiger partial charge on any atom is -0.454 e. The third-order valence-electron chi connectivity index (χ3n) is 3.39. The van der Waals surface area contributed by atoms with Gasteiger partial charge >= 0.3 is 5.97 Å². The van der Waals surface area contributed by atoms with Crippen molar-refractivity contribution >= 4 is 34.9 Å². The van der Waals surface area contributed by atoms with Crippen LogP contribution in [0.1, 0.15) is 37.8 Å². The van der Waals surface area contributed by atoms with Gasteiger partial charge < -0.3 is 15.2 Å². The molecule has 2 aromatic rings. The summed E-state index contributed by atoms with van der Waals surface area (Å²) in [6, 6.07) is 6.74. The molecule has 24 heavy (non-hydrogen) atoms. The topological polar surface area (TPSA) is 61.5 Å². The summed E-state index contributed by atoms with van der Waals surface area (Å²) >= 11 is 12.3. The summed E-state index contributed by atoms with van der Waals surface area (Å²) < 4.78 is 11.2. The SMILES string of the molecule is CC(=O)Oc1c(C)cc(Oc2c(Cl)cc(N)cc2Cl)cc1C(C)C. The van der Waals surface area contributed by atoms with Crippen molar-refractivity contribution in [2.45, 2.75) is 33.6 Å². The van der Waals surface area contributed by atoms with Crippen molar-refractivity contribution < 1.29 is 14.3 Å². The number of nitrogens with two attached hydrogens (primary N) is 1.